The van der Waals surface area contributed by atoms with Crippen molar-refractivity contribution in [2.24, 2.45) is 22.7 Å². The number of H-pyrrole nitrogens is 1. The van der Waals surface area contributed by atoms with E-state index in [4.69, 9.17) is 14.7 Å². The number of aliphatic imine (C=N–C) groups is 1. The van der Waals surface area contributed by atoms with Gasteiger partial charge in [0.25, 0.3) is 0 Å². The second-order valence-corrected chi connectivity index (χ2v) is 15.3. The van der Waals surface area contributed by atoms with Crippen molar-refractivity contribution in [3.8, 4) is 22.4 Å². The molecule has 3 aromatic rings. The fourth-order valence-electron chi connectivity index (χ4n) is 8.88. The highest BCUT2D eigenvalue weighted by Gasteiger charge is 2.56. The molecule has 4 fully saturated rings. The Morgan fingerprint density at radius 3 is 2.39 bits per heavy atom. The topological polar surface area (TPSA) is 70.6 Å². The van der Waals surface area contributed by atoms with E-state index >= 15 is 0 Å². The van der Waals surface area contributed by atoms with Crippen LogP contribution in [-0.2, 0) is 17.6 Å². The number of allylic oxidation sites excluding steroid dienone is 1. The van der Waals surface area contributed by atoms with Gasteiger partial charge in [-0.3, -0.25) is 9.89 Å². The molecule has 226 valence electrons. The number of fused-ring (bicyclic) bond motifs is 3. The zero-order chi connectivity index (χ0) is 29.7. The van der Waals surface area contributed by atoms with Gasteiger partial charge in [0, 0.05) is 30.3 Å². The Kier molecular flexibility index (Phi) is 5.87. The molecule has 0 bridgehead atoms. The molecule has 0 radical (unpaired) electrons. The number of nitrogens with one attached hydrogen (secondary N) is 1. The van der Waals surface area contributed by atoms with E-state index in [1.165, 1.54) is 70.5 Å². The fraction of sp³-hybridized carbons (Fsp3) is 0.500. The summed E-state index contributed by atoms with van der Waals surface area (Å²) in [6.45, 7) is 5.83. The van der Waals surface area contributed by atoms with Crippen LogP contribution in [0.5, 0.6) is 0 Å². The molecule has 1 aromatic heterocycles. The van der Waals surface area contributed by atoms with E-state index in [0.717, 1.165) is 55.3 Å². The molecule has 4 aliphatic carbocycles. The van der Waals surface area contributed by atoms with E-state index < -0.39 is 5.60 Å². The van der Waals surface area contributed by atoms with Crippen LogP contribution in [0.15, 0.2) is 53.8 Å². The Balaban J connectivity index is 0.919. The van der Waals surface area contributed by atoms with E-state index in [1.807, 2.05) is 31.9 Å². The maximum absolute atomic E-state index is 13.1. The lowest BCUT2D eigenvalue weighted by Crippen LogP contribution is -2.45. The monoisotopic (exact) mass is 586 g/mol. The van der Waals surface area contributed by atoms with Crippen molar-refractivity contribution in [3.05, 3.63) is 71.3 Å². The van der Waals surface area contributed by atoms with Crippen LogP contribution < -0.4 is 0 Å². The molecule has 6 aliphatic rings. The summed E-state index contributed by atoms with van der Waals surface area (Å²) in [6.07, 6.45) is 14.3. The van der Waals surface area contributed by atoms with E-state index in [1.54, 1.807) is 0 Å². The number of amides is 1. The number of carbonyl (C=O) groups excluding carboxylic acids is 1. The predicted octanol–water partition coefficient (Wildman–Crippen LogP) is 8.33. The lowest BCUT2D eigenvalue weighted by atomic mass is 9.89. The highest BCUT2D eigenvalue weighted by Crippen LogP contribution is 2.57. The van der Waals surface area contributed by atoms with Gasteiger partial charge in [-0.15, -0.1) is 0 Å². The van der Waals surface area contributed by atoms with Gasteiger partial charge in [0.1, 0.15) is 11.4 Å². The zero-order valence-corrected chi connectivity index (χ0v) is 26.1. The number of likely N-dealkylation sites (tertiary alicyclic amines) is 1. The quantitative estimate of drug-likeness (QED) is 0.327. The van der Waals surface area contributed by atoms with Gasteiger partial charge >= 0.3 is 6.09 Å². The van der Waals surface area contributed by atoms with Gasteiger partial charge < -0.3 is 9.72 Å². The van der Waals surface area contributed by atoms with E-state index in [9.17, 15) is 4.79 Å². The first-order chi connectivity index (χ1) is 21.3. The number of piperidine rings is 1. The second-order valence-electron chi connectivity index (χ2n) is 15.3. The van der Waals surface area contributed by atoms with E-state index in [-0.39, 0.29) is 12.1 Å². The summed E-state index contributed by atoms with van der Waals surface area (Å²) in [7, 11) is 0. The Hall–Kier alpha value is -3.67. The molecular weight excluding hydrogens is 544 g/mol. The van der Waals surface area contributed by atoms with Crippen LogP contribution in [-0.4, -0.2) is 44.4 Å². The van der Waals surface area contributed by atoms with Crippen molar-refractivity contribution in [1.29, 1.82) is 0 Å². The van der Waals surface area contributed by atoms with Crippen LogP contribution in [0.4, 0.5) is 4.79 Å². The summed E-state index contributed by atoms with van der Waals surface area (Å²) in [5, 5.41) is 0. The highest BCUT2D eigenvalue weighted by molar-refractivity contribution is 6.03. The van der Waals surface area contributed by atoms with Crippen molar-refractivity contribution in [2.45, 2.75) is 102 Å². The first kappa shape index (κ1) is 26.7. The Morgan fingerprint density at radius 2 is 1.61 bits per heavy atom. The molecule has 1 saturated heterocycles. The second kappa shape index (κ2) is 9.66. The average molecular weight is 587 g/mol. The number of nitrogens with zero attached hydrogens (tertiary/aromatic N) is 3. The third-order valence-corrected chi connectivity index (χ3v) is 11.2. The minimum absolute atomic E-state index is 0.0583. The molecule has 6 atom stereocenters. The molecule has 6 nitrogen and oxygen atoms in total. The zero-order valence-electron chi connectivity index (χ0n) is 26.1. The van der Waals surface area contributed by atoms with Crippen LogP contribution in [0.2, 0.25) is 0 Å². The number of rotatable bonds is 5. The van der Waals surface area contributed by atoms with E-state index in [0.29, 0.717) is 17.9 Å². The number of aromatic amines is 1. The summed E-state index contributed by atoms with van der Waals surface area (Å²) in [6, 6.07) is 14.1. The lowest BCUT2D eigenvalue weighted by Gasteiger charge is -2.30. The van der Waals surface area contributed by atoms with Crippen LogP contribution >= 0.6 is 0 Å². The standard InChI is InChI=1S/C38H42N4O2/c1-38(2,3)44-37(43)42-34-17-25(34)18-35(42)32-16-27(19-39-32)29-12-11-28(30-5-4-6-31(29)30)21-7-9-22(10-8-21)33-20-40-36(41-33)26-14-23-13-24(23)15-26/h7-12,19-20,23-26,34-35H,4-6,13-18H2,1-3H3,(H,40,41)/t23-,24+,25-,26?,34-,35+/m1/s1. The molecule has 1 unspecified atom stereocenters. The van der Waals surface area contributed by atoms with Gasteiger partial charge in [0.05, 0.1) is 17.9 Å². The van der Waals surface area contributed by atoms with Crippen LogP contribution in [0, 0.1) is 17.8 Å². The van der Waals surface area contributed by atoms with Crippen molar-refractivity contribution in [1.82, 2.24) is 14.9 Å². The number of ether oxygens (including phenoxy) is 1. The predicted molar refractivity (Wildman–Crippen MR) is 173 cm³/mol. The summed E-state index contributed by atoms with van der Waals surface area (Å²) in [5.74, 6) is 4.33. The molecule has 3 saturated carbocycles. The molecule has 1 N–H and O–H groups in total. The molecule has 3 heterocycles. The van der Waals surface area contributed by atoms with Crippen molar-refractivity contribution >= 4 is 17.4 Å². The summed E-state index contributed by atoms with van der Waals surface area (Å²) >= 11 is 0. The number of imidazole rings is 1. The number of aromatic nitrogens is 2. The first-order valence-corrected chi connectivity index (χ1v) is 16.9. The van der Waals surface area contributed by atoms with E-state index in [2.05, 4.69) is 47.6 Å². The molecule has 9 rings (SSSR count). The lowest BCUT2D eigenvalue weighted by molar-refractivity contribution is 0.0230. The van der Waals surface area contributed by atoms with Gasteiger partial charge in [0.15, 0.2) is 0 Å². The third-order valence-electron chi connectivity index (χ3n) is 11.2. The van der Waals surface area contributed by atoms with Gasteiger partial charge in [-0.25, -0.2) is 9.78 Å². The third kappa shape index (κ3) is 4.55. The van der Waals surface area contributed by atoms with Crippen LogP contribution in [0.25, 0.3) is 28.0 Å². The molecule has 2 aliphatic heterocycles. The van der Waals surface area contributed by atoms with Gasteiger partial charge in [0.2, 0.25) is 0 Å². The van der Waals surface area contributed by atoms with Gasteiger partial charge in [-0.2, -0.15) is 0 Å². The maximum atomic E-state index is 13.1. The van der Waals surface area contributed by atoms with Crippen molar-refractivity contribution in [2.75, 3.05) is 0 Å². The molecule has 2 aromatic carbocycles. The van der Waals surface area contributed by atoms with Crippen molar-refractivity contribution < 1.29 is 9.53 Å². The minimum atomic E-state index is -0.490. The average Bonchev–Trinajstić information content (AvgIpc) is 3.54. The van der Waals surface area contributed by atoms with Crippen LogP contribution in [0.1, 0.15) is 94.1 Å². The number of benzene rings is 2. The molecule has 0 spiro atoms. The summed E-state index contributed by atoms with van der Waals surface area (Å²) in [4.78, 5) is 28.5. The maximum Gasteiger partial charge on any atom is 0.411 e. The van der Waals surface area contributed by atoms with Crippen molar-refractivity contribution in [3.63, 3.8) is 0 Å². The molecule has 1 amide bonds. The Labute approximate surface area is 260 Å². The molecule has 6 heteroatoms. The van der Waals surface area contributed by atoms with Crippen LogP contribution in [0.3, 0.4) is 0 Å². The number of hydrogen-bond acceptors (Lipinski definition) is 4. The largest absolute Gasteiger partial charge is 0.444 e. The summed E-state index contributed by atoms with van der Waals surface area (Å²) in [5.41, 5.74) is 11.2. The normalized spacial score (nSPS) is 29.7. The summed E-state index contributed by atoms with van der Waals surface area (Å²) < 4.78 is 5.81. The highest BCUT2D eigenvalue weighted by atomic mass is 16.6. The smallest absolute Gasteiger partial charge is 0.411 e. The number of carbonyl (C=O) groups is 1. The minimum Gasteiger partial charge on any atom is -0.444 e. The Bertz CT molecular complexity index is 1710. The number of hydrogen-bond donors (Lipinski definition) is 1. The Morgan fingerprint density at radius 1 is 0.886 bits per heavy atom. The molecular formula is C38H42N4O2. The molecule has 44 heavy (non-hydrogen) atoms. The van der Waals surface area contributed by atoms with Gasteiger partial charge in [-0.1, -0.05) is 36.4 Å². The van der Waals surface area contributed by atoms with Gasteiger partial charge in [-0.05, 0) is 129 Å². The fourth-order valence-corrected chi connectivity index (χ4v) is 8.88. The first-order valence-electron chi connectivity index (χ1n) is 16.9. The SMILES string of the molecule is CC(C)(C)OC(=O)N1[C@@H]2C[C@@H]2C[C@H]1C1=NC=C(c2ccc(-c3ccc(-c4cnc(C5C[C@@H]6C[C@@H]6C5)[nH]4)cc3)c3c2CCC3)C1.